The molecule has 2 heterocycles. The first kappa shape index (κ1) is 25.3. The zero-order chi connectivity index (χ0) is 26.1. The zero-order valence-corrected chi connectivity index (χ0v) is 20.8. The van der Waals surface area contributed by atoms with Gasteiger partial charge < -0.3 is 5.73 Å². The van der Waals surface area contributed by atoms with Gasteiger partial charge in [0.2, 0.25) is 0 Å². The molecule has 0 aliphatic heterocycles. The quantitative estimate of drug-likeness (QED) is 0.375. The van der Waals surface area contributed by atoms with Gasteiger partial charge in [-0.05, 0) is 103 Å². The van der Waals surface area contributed by atoms with Crippen LogP contribution < -0.4 is 5.73 Å². The standard InChI is InChI=1S/C30H30F3N3O/c1-17-10-20(12-22(34)11-17)23-8-9-35-16-21(23)15-28(37)27-7-6-24(31)30(36-27)29-25(32)13-19(14-26(29)33)18-4-2-3-5-18/h4,6-9,13-14,16-17,20,22H,2-3,5,10-12,15,34H2,1H3/t17-,20+,22-/m0/s1. The normalized spacial score (nSPS) is 21.6. The summed E-state index contributed by atoms with van der Waals surface area (Å²) in [7, 11) is 0. The Balaban J connectivity index is 1.43. The first-order chi connectivity index (χ1) is 17.8. The van der Waals surface area contributed by atoms with Gasteiger partial charge in [0.05, 0.1) is 5.56 Å². The van der Waals surface area contributed by atoms with E-state index in [0.717, 1.165) is 61.3 Å². The molecule has 1 saturated carbocycles. The van der Waals surface area contributed by atoms with E-state index in [-0.39, 0.29) is 29.9 Å². The molecule has 1 aromatic carbocycles. The summed E-state index contributed by atoms with van der Waals surface area (Å²) in [6, 6.07) is 6.74. The van der Waals surface area contributed by atoms with Crippen LogP contribution in [0.2, 0.25) is 0 Å². The fourth-order valence-corrected chi connectivity index (χ4v) is 5.85. The number of allylic oxidation sites excluding steroid dienone is 2. The minimum Gasteiger partial charge on any atom is -0.328 e. The van der Waals surface area contributed by atoms with E-state index >= 15 is 8.78 Å². The number of carbonyl (C=O) groups excluding carboxylic acids is 1. The Morgan fingerprint density at radius 2 is 1.84 bits per heavy atom. The van der Waals surface area contributed by atoms with E-state index in [1.807, 2.05) is 12.1 Å². The molecule has 5 rings (SSSR count). The molecule has 2 N–H and O–H groups in total. The number of nitrogens with zero attached hydrogens (tertiary/aromatic N) is 2. The maximum atomic E-state index is 15.1. The van der Waals surface area contributed by atoms with Crippen molar-refractivity contribution < 1.29 is 18.0 Å². The van der Waals surface area contributed by atoms with Crippen LogP contribution in [-0.2, 0) is 6.42 Å². The summed E-state index contributed by atoms with van der Waals surface area (Å²) in [5.74, 6) is -2.38. The van der Waals surface area contributed by atoms with Crippen LogP contribution in [0.1, 0.15) is 78.5 Å². The molecular weight excluding hydrogens is 475 g/mol. The largest absolute Gasteiger partial charge is 0.328 e. The average molecular weight is 506 g/mol. The summed E-state index contributed by atoms with van der Waals surface area (Å²) >= 11 is 0. The van der Waals surface area contributed by atoms with E-state index in [9.17, 15) is 9.18 Å². The van der Waals surface area contributed by atoms with Crippen molar-refractivity contribution in [2.45, 2.75) is 63.8 Å². The number of benzene rings is 1. The van der Waals surface area contributed by atoms with Crippen LogP contribution in [0.15, 0.2) is 48.8 Å². The maximum Gasteiger partial charge on any atom is 0.185 e. The van der Waals surface area contributed by atoms with Gasteiger partial charge in [0.1, 0.15) is 28.8 Å². The molecule has 192 valence electrons. The molecule has 4 nitrogen and oxygen atoms in total. The van der Waals surface area contributed by atoms with Gasteiger partial charge >= 0.3 is 0 Å². The molecule has 2 aromatic heterocycles. The predicted octanol–water partition coefficient (Wildman–Crippen LogP) is 6.78. The minimum atomic E-state index is -0.906. The lowest BCUT2D eigenvalue weighted by Crippen LogP contribution is -2.31. The molecule has 0 saturated heterocycles. The average Bonchev–Trinajstić information content (AvgIpc) is 3.39. The molecule has 0 unspecified atom stereocenters. The van der Waals surface area contributed by atoms with E-state index in [0.29, 0.717) is 11.5 Å². The van der Waals surface area contributed by atoms with Crippen molar-refractivity contribution in [3.05, 3.63) is 88.6 Å². The fourth-order valence-electron chi connectivity index (χ4n) is 5.85. The first-order valence-electron chi connectivity index (χ1n) is 12.9. The van der Waals surface area contributed by atoms with Crippen LogP contribution in [0, 0.1) is 23.4 Å². The summed E-state index contributed by atoms with van der Waals surface area (Å²) < 4.78 is 44.9. The minimum absolute atomic E-state index is 0.000574. The second-order valence-electron chi connectivity index (χ2n) is 10.4. The number of hydrogen-bond donors (Lipinski definition) is 1. The van der Waals surface area contributed by atoms with E-state index < -0.39 is 28.7 Å². The summed E-state index contributed by atoms with van der Waals surface area (Å²) in [5.41, 5.74) is 8.25. The van der Waals surface area contributed by atoms with Crippen LogP contribution >= 0.6 is 0 Å². The smallest absolute Gasteiger partial charge is 0.185 e. The van der Waals surface area contributed by atoms with Crippen molar-refractivity contribution in [2.24, 2.45) is 11.7 Å². The van der Waals surface area contributed by atoms with Crippen molar-refractivity contribution in [1.82, 2.24) is 9.97 Å². The molecule has 3 atom stereocenters. The molecule has 0 radical (unpaired) electrons. The number of Topliss-reactive ketones (excluding diaryl/α,β-unsaturated/α-hetero) is 1. The van der Waals surface area contributed by atoms with Crippen LogP contribution in [0.25, 0.3) is 16.8 Å². The zero-order valence-electron chi connectivity index (χ0n) is 20.8. The fraction of sp³-hybridized carbons (Fsp3) is 0.367. The van der Waals surface area contributed by atoms with Crippen LogP contribution in [0.5, 0.6) is 0 Å². The third-order valence-electron chi connectivity index (χ3n) is 7.53. The summed E-state index contributed by atoms with van der Waals surface area (Å²) in [6.45, 7) is 2.18. The first-order valence-corrected chi connectivity index (χ1v) is 12.9. The molecule has 37 heavy (non-hydrogen) atoms. The number of aromatic nitrogens is 2. The van der Waals surface area contributed by atoms with Gasteiger partial charge in [-0.2, -0.15) is 0 Å². The molecule has 1 fully saturated rings. The van der Waals surface area contributed by atoms with E-state index in [4.69, 9.17) is 5.73 Å². The van der Waals surface area contributed by atoms with Gasteiger partial charge in [0.25, 0.3) is 0 Å². The summed E-state index contributed by atoms with van der Waals surface area (Å²) in [6.07, 6.45) is 10.7. The molecule has 3 aromatic rings. The highest BCUT2D eigenvalue weighted by Gasteiger charge is 2.28. The number of halogens is 3. The highest BCUT2D eigenvalue weighted by molar-refractivity contribution is 5.96. The SMILES string of the molecule is C[C@@H]1C[C@H](N)C[C@H](c2ccncc2CC(=O)c2ccc(F)c(-c3c(F)cc(C4=CCCC4)cc3F)n2)C1. The summed E-state index contributed by atoms with van der Waals surface area (Å²) in [5, 5.41) is 0. The Morgan fingerprint density at radius 1 is 1.05 bits per heavy atom. The third-order valence-corrected chi connectivity index (χ3v) is 7.53. The van der Waals surface area contributed by atoms with Crippen LogP contribution in [0.4, 0.5) is 13.2 Å². The number of hydrogen-bond acceptors (Lipinski definition) is 4. The van der Waals surface area contributed by atoms with E-state index in [1.54, 1.807) is 12.4 Å². The predicted molar refractivity (Wildman–Crippen MR) is 137 cm³/mol. The Bertz CT molecular complexity index is 1340. The van der Waals surface area contributed by atoms with Gasteiger partial charge in [0, 0.05) is 24.9 Å². The van der Waals surface area contributed by atoms with Crippen molar-refractivity contribution >= 4 is 11.4 Å². The molecular formula is C30H30F3N3O. The van der Waals surface area contributed by atoms with E-state index in [1.165, 1.54) is 18.2 Å². The van der Waals surface area contributed by atoms with E-state index in [2.05, 4.69) is 16.9 Å². The number of pyridine rings is 2. The molecule has 0 bridgehead atoms. The number of carbonyl (C=O) groups is 1. The molecule has 0 spiro atoms. The Hall–Kier alpha value is -3.32. The van der Waals surface area contributed by atoms with Gasteiger partial charge in [-0.15, -0.1) is 0 Å². The Labute approximate surface area is 214 Å². The second-order valence-corrected chi connectivity index (χ2v) is 10.4. The molecule has 0 amide bonds. The van der Waals surface area contributed by atoms with Gasteiger partial charge in [-0.3, -0.25) is 9.78 Å². The van der Waals surface area contributed by atoms with Gasteiger partial charge in [-0.25, -0.2) is 18.2 Å². The monoisotopic (exact) mass is 505 g/mol. The Morgan fingerprint density at radius 3 is 2.54 bits per heavy atom. The second kappa shape index (κ2) is 10.6. The molecule has 2 aliphatic rings. The maximum absolute atomic E-state index is 15.1. The highest BCUT2D eigenvalue weighted by atomic mass is 19.1. The topological polar surface area (TPSA) is 68.9 Å². The number of ketones is 1. The van der Waals surface area contributed by atoms with Crippen molar-refractivity contribution in [3.63, 3.8) is 0 Å². The number of rotatable bonds is 6. The van der Waals surface area contributed by atoms with Crippen LogP contribution in [0.3, 0.4) is 0 Å². The van der Waals surface area contributed by atoms with Crippen molar-refractivity contribution in [2.75, 3.05) is 0 Å². The lowest BCUT2D eigenvalue weighted by Gasteiger charge is -2.32. The van der Waals surface area contributed by atoms with Crippen LogP contribution in [-0.4, -0.2) is 21.8 Å². The lowest BCUT2D eigenvalue weighted by molar-refractivity contribution is 0.0987. The number of nitrogens with two attached hydrogens (primary N) is 1. The lowest BCUT2D eigenvalue weighted by atomic mass is 9.75. The highest BCUT2D eigenvalue weighted by Crippen LogP contribution is 2.37. The Kier molecular flexibility index (Phi) is 7.24. The van der Waals surface area contributed by atoms with Crippen molar-refractivity contribution in [1.29, 1.82) is 0 Å². The van der Waals surface area contributed by atoms with Crippen molar-refractivity contribution in [3.8, 4) is 11.3 Å². The summed E-state index contributed by atoms with van der Waals surface area (Å²) in [4.78, 5) is 21.5. The molecule has 7 heteroatoms. The van der Waals surface area contributed by atoms with Gasteiger partial charge in [-0.1, -0.05) is 13.0 Å². The third kappa shape index (κ3) is 5.37. The molecule has 2 aliphatic carbocycles. The van der Waals surface area contributed by atoms with Gasteiger partial charge in [0.15, 0.2) is 5.78 Å².